The van der Waals surface area contributed by atoms with Gasteiger partial charge in [-0.1, -0.05) is 41.9 Å². The van der Waals surface area contributed by atoms with E-state index in [-0.39, 0.29) is 17.8 Å². The van der Waals surface area contributed by atoms with Crippen LogP contribution in [0.4, 0.5) is 0 Å². The number of hydrogen-bond acceptors (Lipinski definition) is 5. The number of halogens is 1. The van der Waals surface area contributed by atoms with Crippen LogP contribution in [-0.2, 0) is 16.0 Å². The lowest BCUT2D eigenvalue weighted by Gasteiger charge is -2.13. The molecule has 0 spiro atoms. The zero-order valence-electron chi connectivity index (χ0n) is 13.9. The predicted molar refractivity (Wildman–Crippen MR) is 97.4 cm³/mol. The second kappa shape index (κ2) is 7.49. The molecule has 0 aliphatic rings. The molecule has 0 fully saturated rings. The quantitative estimate of drug-likeness (QED) is 0.551. The van der Waals surface area contributed by atoms with E-state index >= 15 is 0 Å². The van der Waals surface area contributed by atoms with Crippen LogP contribution in [0, 0.1) is 0 Å². The van der Waals surface area contributed by atoms with Crippen LogP contribution in [-0.4, -0.2) is 28.1 Å². The lowest BCUT2D eigenvalue weighted by Crippen LogP contribution is -2.26. The highest BCUT2D eigenvalue weighted by Gasteiger charge is 2.21. The van der Waals surface area contributed by atoms with Crippen molar-refractivity contribution in [1.29, 1.82) is 0 Å². The van der Waals surface area contributed by atoms with E-state index in [9.17, 15) is 14.4 Å². The van der Waals surface area contributed by atoms with E-state index in [0.29, 0.717) is 27.1 Å². The average Bonchev–Trinajstić information content (AvgIpc) is 2.63. The number of aromatic amines is 1. The summed E-state index contributed by atoms with van der Waals surface area (Å²) in [6.07, 6.45) is -1.13. The highest BCUT2D eigenvalue weighted by atomic mass is 35.5. The number of nitrogens with one attached hydrogen (secondary N) is 1. The van der Waals surface area contributed by atoms with E-state index in [4.69, 9.17) is 16.3 Å². The summed E-state index contributed by atoms with van der Waals surface area (Å²) >= 11 is 5.88. The van der Waals surface area contributed by atoms with E-state index < -0.39 is 12.1 Å². The van der Waals surface area contributed by atoms with Gasteiger partial charge in [0, 0.05) is 16.0 Å². The molecule has 0 amide bonds. The van der Waals surface area contributed by atoms with Crippen molar-refractivity contribution in [3.8, 4) is 0 Å². The molecule has 1 heterocycles. The molecule has 3 rings (SSSR count). The number of H-pyrrole nitrogens is 1. The van der Waals surface area contributed by atoms with Crippen molar-refractivity contribution in [2.75, 3.05) is 0 Å². The SMILES string of the molecule is C[C@@H](OC(=O)Cc1n[nH]c(=O)c2ccccc12)C(=O)c1cccc(Cl)c1. The van der Waals surface area contributed by atoms with Gasteiger partial charge in [0.2, 0.25) is 5.78 Å². The molecule has 1 aromatic heterocycles. The average molecular weight is 371 g/mol. The third-order valence-electron chi connectivity index (χ3n) is 3.87. The zero-order valence-corrected chi connectivity index (χ0v) is 14.6. The molecule has 0 saturated heterocycles. The first-order valence-corrected chi connectivity index (χ1v) is 8.29. The number of aromatic nitrogens is 2. The Kier molecular flexibility index (Phi) is 5.14. The van der Waals surface area contributed by atoms with Crippen molar-refractivity contribution >= 4 is 34.1 Å². The van der Waals surface area contributed by atoms with Gasteiger partial charge in [0.1, 0.15) is 0 Å². The van der Waals surface area contributed by atoms with Crippen LogP contribution in [0.1, 0.15) is 23.0 Å². The fourth-order valence-corrected chi connectivity index (χ4v) is 2.80. The zero-order chi connectivity index (χ0) is 18.7. The Morgan fingerprint density at radius 2 is 1.88 bits per heavy atom. The number of benzene rings is 2. The summed E-state index contributed by atoms with van der Waals surface area (Å²) < 4.78 is 5.23. The Hall–Kier alpha value is -2.99. The largest absolute Gasteiger partial charge is 0.454 e. The molecule has 7 heteroatoms. The first-order chi connectivity index (χ1) is 12.5. The third-order valence-corrected chi connectivity index (χ3v) is 4.11. The molecule has 1 atom stereocenters. The number of nitrogens with zero attached hydrogens (tertiary/aromatic N) is 1. The molecule has 2 aromatic carbocycles. The summed E-state index contributed by atoms with van der Waals surface area (Å²) in [6.45, 7) is 1.50. The maximum atomic E-state index is 12.3. The molecule has 132 valence electrons. The summed E-state index contributed by atoms with van der Waals surface area (Å²) in [5.74, 6) is -0.960. The van der Waals surface area contributed by atoms with Gasteiger partial charge in [0.15, 0.2) is 6.10 Å². The Morgan fingerprint density at radius 3 is 2.62 bits per heavy atom. The van der Waals surface area contributed by atoms with Gasteiger partial charge in [0.05, 0.1) is 17.5 Å². The smallest absolute Gasteiger partial charge is 0.312 e. The van der Waals surface area contributed by atoms with Gasteiger partial charge >= 0.3 is 5.97 Å². The Morgan fingerprint density at radius 1 is 1.15 bits per heavy atom. The monoisotopic (exact) mass is 370 g/mol. The molecule has 1 N–H and O–H groups in total. The number of esters is 1. The molecule has 3 aromatic rings. The fourth-order valence-electron chi connectivity index (χ4n) is 2.61. The first kappa shape index (κ1) is 17.8. The molecule has 0 bridgehead atoms. The van der Waals surface area contributed by atoms with Crippen molar-refractivity contribution in [2.45, 2.75) is 19.4 Å². The summed E-state index contributed by atoms with van der Waals surface area (Å²) in [5, 5.41) is 7.73. The van der Waals surface area contributed by atoms with Crippen LogP contribution in [0.3, 0.4) is 0 Å². The lowest BCUT2D eigenvalue weighted by atomic mass is 10.1. The fraction of sp³-hybridized carbons (Fsp3) is 0.158. The van der Waals surface area contributed by atoms with Crippen LogP contribution in [0.5, 0.6) is 0 Å². The molecule has 0 aliphatic heterocycles. The molecule has 6 nitrogen and oxygen atoms in total. The number of Topliss-reactive ketones (excluding diaryl/α,β-unsaturated/α-hetero) is 1. The second-order valence-electron chi connectivity index (χ2n) is 5.73. The van der Waals surface area contributed by atoms with Crippen LogP contribution in [0.15, 0.2) is 53.3 Å². The van der Waals surface area contributed by atoms with Gasteiger partial charge in [-0.25, -0.2) is 5.10 Å². The number of hydrogen-bond donors (Lipinski definition) is 1. The molecular weight excluding hydrogens is 356 g/mol. The van der Waals surface area contributed by atoms with Crippen molar-refractivity contribution in [3.63, 3.8) is 0 Å². The molecule has 0 radical (unpaired) electrons. The normalized spacial score (nSPS) is 11.9. The van der Waals surface area contributed by atoms with Crippen molar-refractivity contribution in [2.24, 2.45) is 0 Å². The van der Waals surface area contributed by atoms with Gasteiger partial charge in [-0.15, -0.1) is 0 Å². The van der Waals surface area contributed by atoms with Crippen LogP contribution in [0.25, 0.3) is 10.8 Å². The first-order valence-electron chi connectivity index (χ1n) is 7.91. The maximum absolute atomic E-state index is 12.3. The second-order valence-corrected chi connectivity index (χ2v) is 6.16. The molecular formula is C19H15ClN2O4. The molecule has 26 heavy (non-hydrogen) atoms. The van der Waals surface area contributed by atoms with Gasteiger partial charge < -0.3 is 4.74 Å². The van der Waals surface area contributed by atoms with Crippen LogP contribution in [0.2, 0.25) is 5.02 Å². The Balaban J connectivity index is 1.74. The number of ether oxygens (including phenoxy) is 1. The highest BCUT2D eigenvalue weighted by Crippen LogP contribution is 2.16. The van der Waals surface area contributed by atoms with Crippen LogP contribution >= 0.6 is 11.6 Å². The summed E-state index contributed by atoms with van der Waals surface area (Å²) in [5.41, 5.74) is 0.417. The maximum Gasteiger partial charge on any atom is 0.312 e. The highest BCUT2D eigenvalue weighted by molar-refractivity contribution is 6.31. The molecule has 0 aliphatic carbocycles. The van der Waals surface area contributed by atoms with Gasteiger partial charge in [-0.05, 0) is 25.1 Å². The van der Waals surface area contributed by atoms with Gasteiger partial charge in [-0.3, -0.25) is 14.4 Å². The van der Waals surface area contributed by atoms with E-state index in [2.05, 4.69) is 10.2 Å². The minimum atomic E-state index is -0.963. The minimum Gasteiger partial charge on any atom is -0.454 e. The Bertz CT molecular complexity index is 1040. The standard InChI is InChI=1S/C19H15ClN2O4/c1-11(18(24)12-5-4-6-13(20)9-12)26-17(23)10-16-14-7-2-3-8-15(14)19(25)22-21-16/h2-9,11H,10H2,1H3,(H,22,25)/t11-/m1/s1. The molecule has 0 unspecified atom stereocenters. The van der Waals surface area contributed by atoms with E-state index in [0.717, 1.165) is 0 Å². The van der Waals surface area contributed by atoms with Crippen molar-refractivity contribution in [3.05, 3.63) is 75.2 Å². The number of carbonyl (C=O) groups excluding carboxylic acids is 2. The topological polar surface area (TPSA) is 89.1 Å². The number of ketones is 1. The van der Waals surface area contributed by atoms with Gasteiger partial charge in [0.25, 0.3) is 5.56 Å². The number of carbonyl (C=O) groups is 2. The van der Waals surface area contributed by atoms with Crippen molar-refractivity contribution in [1.82, 2.24) is 10.2 Å². The van der Waals surface area contributed by atoms with Gasteiger partial charge in [-0.2, -0.15) is 5.10 Å². The Labute approximate surface area is 153 Å². The number of fused-ring (bicyclic) bond motifs is 1. The lowest BCUT2D eigenvalue weighted by molar-refractivity contribution is -0.145. The predicted octanol–water partition coefficient (Wildman–Crippen LogP) is 2.93. The number of rotatable bonds is 5. The van der Waals surface area contributed by atoms with E-state index in [1.807, 2.05) is 0 Å². The van der Waals surface area contributed by atoms with E-state index in [1.165, 1.54) is 13.0 Å². The summed E-state index contributed by atoms with van der Waals surface area (Å²) in [4.78, 5) is 36.3. The summed E-state index contributed by atoms with van der Waals surface area (Å²) in [6, 6.07) is 13.3. The van der Waals surface area contributed by atoms with Crippen LogP contribution < -0.4 is 5.56 Å². The third kappa shape index (κ3) is 3.81. The summed E-state index contributed by atoms with van der Waals surface area (Å²) in [7, 11) is 0. The minimum absolute atomic E-state index is 0.162. The van der Waals surface area contributed by atoms with E-state index in [1.54, 1.807) is 42.5 Å². The van der Waals surface area contributed by atoms with Crippen molar-refractivity contribution < 1.29 is 14.3 Å². The molecule has 0 saturated carbocycles.